The monoisotopic (exact) mass is 271 g/mol. The van der Waals surface area contributed by atoms with Crippen LogP contribution in [-0.2, 0) is 6.54 Å². The number of nitrogens with one attached hydrogen (secondary N) is 1. The maximum absolute atomic E-state index is 12.1. The molecule has 19 heavy (non-hydrogen) atoms. The minimum atomic E-state index is -4.35. The molecule has 0 unspecified atom stereocenters. The maximum atomic E-state index is 12.1. The van der Waals surface area contributed by atoms with Crippen LogP contribution in [-0.4, -0.2) is 20.9 Å². The van der Waals surface area contributed by atoms with E-state index in [1.165, 1.54) is 6.20 Å². The summed E-state index contributed by atoms with van der Waals surface area (Å²) in [6.45, 7) is 3.56. The van der Waals surface area contributed by atoms with Crippen LogP contribution in [0.1, 0.15) is 11.3 Å². The van der Waals surface area contributed by atoms with Crippen LogP contribution in [0, 0.1) is 13.8 Å². The normalized spacial score (nSPS) is 12.7. The zero-order chi connectivity index (χ0) is 14.2. The highest BCUT2D eigenvalue weighted by molar-refractivity contribution is 5.83. The van der Waals surface area contributed by atoms with Crippen LogP contribution < -0.4 is 5.56 Å². The molecule has 0 aliphatic heterocycles. The van der Waals surface area contributed by atoms with E-state index in [4.69, 9.17) is 0 Å². The Morgan fingerprint density at radius 1 is 1.42 bits per heavy atom. The molecule has 2 heterocycles. The van der Waals surface area contributed by atoms with Crippen molar-refractivity contribution in [2.75, 3.05) is 0 Å². The van der Waals surface area contributed by atoms with Crippen molar-refractivity contribution in [2.24, 2.45) is 0 Å². The molecule has 0 aliphatic carbocycles. The van der Waals surface area contributed by atoms with Gasteiger partial charge in [-0.05, 0) is 19.4 Å². The van der Waals surface area contributed by atoms with Gasteiger partial charge in [-0.1, -0.05) is 6.08 Å². The number of halogens is 3. The molecule has 2 rings (SSSR count). The molecule has 0 atom stereocenters. The summed E-state index contributed by atoms with van der Waals surface area (Å²) >= 11 is 0. The van der Waals surface area contributed by atoms with E-state index in [9.17, 15) is 18.0 Å². The maximum Gasteiger partial charge on any atom is 0.409 e. The molecule has 0 spiro atoms. The summed E-state index contributed by atoms with van der Waals surface area (Å²) in [6, 6.07) is 0. The minimum absolute atomic E-state index is 0.0111. The minimum Gasteiger partial charge on any atom is -0.336 e. The highest BCUT2D eigenvalue weighted by Gasteiger charge is 2.22. The lowest BCUT2D eigenvalue weighted by molar-refractivity contribution is -0.0800. The van der Waals surface area contributed by atoms with Gasteiger partial charge in [-0.2, -0.15) is 18.3 Å². The lowest BCUT2D eigenvalue weighted by Gasteiger charge is -2.04. The molecule has 0 bridgehead atoms. The van der Waals surface area contributed by atoms with E-state index in [1.807, 2.05) is 6.92 Å². The number of aromatic amines is 1. The molecule has 7 heteroatoms. The Labute approximate surface area is 106 Å². The number of aromatic nitrogens is 3. The van der Waals surface area contributed by atoms with Crippen molar-refractivity contribution in [1.82, 2.24) is 14.8 Å². The number of fused-ring (bicyclic) bond motifs is 1. The molecule has 0 saturated heterocycles. The zero-order valence-electron chi connectivity index (χ0n) is 10.4. The van der Waals surface area contributed by atoms with E-state index in [2.05, 4.69) is 10.2 Å². The number of rotatable bonds is 2. The van der Waals surface area contributed by atoms with E-state index < -0.39 is 11.7 Å². The first-order valence-corrected chi connectivity index (χ1v) is 5.59. The lowest BCUT2D eigenvalue weighted by Crippen LogP contribution is -2.12. The highest BCUT2D eigenvalue weighted by Crippen LogP contribution is 2.22. The fraction of sp³-hybridized carbons (Fsp3) is 0.333. The number of aryl methyl sites for hydroxylation is 1. The van der Waals surface area contributed by atoms with Gasteiger partial charge in [0.15, 0.2) is 0 Å². The Morgan fingerprint density at radius 3 is 2.74 bits per heavy atom. The highest BCUT2D eigenvalue weighted by atomic mass is 19.4. The Morgan fingerprint density at radius 2 is 2.11 bits per heavy atom. The summed E-state index contributed by atoms with van der Waals surface area (Å²) in [5.74, 6) is 0. The van der Waals surface area contributed by atoms with E-state index in [0.717, 1.165) is 17.3 Å². The van der Waals surface area contributed by atoms with Crippen LogP contribution in [0.5, 0.6) is 0 Å². The molecular weight excluding hydrogens is 259 g/mol. The SMILES string of the molecule is Cc1c(C)n(C/C=C/C(F)(F)F)c2c(=O)[nH]ncc12. The van der Waals surface area contributed by atoms with E-state index in [0.29, 0.717) is 10.9 Å². The van der Waals surface area contributed by atoms with E-state index in [-0.39, 0.29) is 12.6 Å². The second kappa shape index (κ2) is 4.56. The third-order valence-electron chi connectivity index (χ3n) is 3.05. The van der Waals surface area contributed by atoms with Crippen LogP contribution in [0.3, 0.4) is 0 Å². The van der Waals surface area contributed by atoms with Gasteiger partial charge < -0.3 is 4.57 Å². The Kier molecular flexibility index (Phi) is 3.21. The van der Waals surface area contributed by atoms with Gasteiger partial charge in [0.05, 0.1) is 6.20 Å². The first-order chi connectivity index (χ1) is 8.81. The fourth-order valence-electron chi connectivity index (χ4n) is 2.02. The second-order valence-corrected chi connectivity index (χ2v) is 4.23. The molecule has 1 N–H and O–H groups in total. The number of H-pyrrole nitrogens is 1. The van der Waals surface area contributed by atoms with Gasteiger partial charge in [-0.25, -0.2) is 5.10 Å². The van der Waals surface area contributed by atoms with Crippen LogP contribution in [0.25, 0.3) is 10.9 Å². The largest absolute Gasteiger partial charge is 0.409 e. The number of nitrogens with zero attached hydrogens (tertiary/aromatic N) is 2. The summed E-state index contributed by atoms with van der Waals surface area (Å²) in [5, 5.41) is 6.64. The van der Waals surface area contributed by atoms with Crippen LogP contribution in [0.2, 0.25) is 0 Å². The van der Waals surface area contributed by atoms with Gasteiger partial charge in [0.25, 0.3) is 5.56 Å². The number of alkyl halides is 3. The predicted octanol–water partition coefficient (Wildman–Crippen LogP) is 2.46. The van der Waals surface area contributed by atoms with Gasteiger partial charge in [0, 0.05) is 23.7 Å². The Bertz CT molecular complexity index is 695. The summed E-state index contributed by atoms with van der Waals surface area (Å²) in [4.78, 5) is 11.7. The average Bonchev–Trinajstić information content (AvgIpc) is 2.54. The van der Waals surface area contributed by atoms with Crippen LogP contribution >= 0.6 is 0 Å². The third kappa shape index (κ3) is 2.54. The van der Waals surface area contributed by atoms with Crippen LogP contribution in [0.15, 0.2) is 23.1 Å². The Hall–Kier alpha value is -2.05. The zero-order valence-corrected chi connectivity index (χ0v) is 10.4. The number of hydrogen-bond acceptors (Lipinski definition) is 2. The summed E-state index contributed by atoms with van der Waals surface area (Å²) < 4.78 is 37.8. The van der Waals surface area contributed by atoms with E-state index >= 15 is 0 Å². The first-order valence-electron chi connectivity index (χ1n) is 5.59. The molecule has 0 amide bonds. The molecule has 0 aromatic carbocycles. The predicted molar refractivity (Wildman–Crippen MR) is 65.0 cm³/mol. The van der Waals surface area contributed by atoms with Gasteiger partial charge in [-0.3, -0.25) is 4.79 Å². The van der Waals surface area contributed by atoms with Gasteiger partial charge in [-0.15, -0.1) is 0 Å². The molecule has 2 aromatic rings. The standard InChI is InChI=1S/C12H12F3N3O/c1-7-8(2)18(5-3-4-12(13,14)15)10-9(7)6-16-17-11(10)19/h3-4,6H,5H2,1-2H3,(H,17,19)/b4-3+. The van der Waals surface area contributed by atoms with E-state index in [1.54, 1.807) is 11.5 Å². The molecule has 0 saturated carbocycles. The molecule has 102 valence electrons. The van der Waals surface area contributed by atoms with Gasteiger partial charge >= 0.3 is 6.18 Å². The summed E-state index contributed by atoms with van der Waals surface area (Å²) in [6.07, 6.45) is -1.68. The first kappa shape index (κ1) is 13.4. The van der Waals surface area contributed by atoms with Gasteiger partial charge in [0.1, 0.15) is 5.52 Å². The van der Waals surface area contributed by atoms with Gasteiger partial charge in [0.2, 0.25) is 0 Å². The average molecular weight is 271 g/mol. The quantitative estimate of drug-likeness (QED) is 0.853. The molecule has 2 aromatic heterocycles. The smallest absolute Gasteiger partial charge is 0.336 e. The lowest BCUT2D eigenvalue weighted by atomic mass is 10.2. The Balaban J connectivity index is 2.52. The van der Waals surface area contributed by atoms with Crippen molar-refractivity contribution in [3.05, 3.63) is 40.0 Å². The molecule has 0 fully saturated rings. The number of hydrogen-bond donors (Lipinski definition) is 1. The third-order valence-corrected chi connectivity index (χ3v) is 3.05. The molecular formula is C12H12F3N3O. The summed E-state index contributed by atoms with van der Waals surface area (Å²) in [7, 11) is 0. The van der Waals surface area contributed by atoms with Crippen molar-refractivity contribution >= 4 is 10.9 Å². The van der Waals surface area contributed by atoms with Crippen LogP contribution in [0.4, 0.5) is 13.2 Å². The van der Waals surface area contributed by atoms with Crippen molar-refractivity contribution in [3.8, 4) is 0 Å². The summed E-state index contributed by atoms with van der Waals surface area (Å²) in [5.41, 5.74) is 1.53. The topological polar surface area (TPSA) is 50.7 Å². The fourth-order valence-corrected chi connectivity index (χ4v) is 2.02. The van der Waals surface area contributed by atoms with Crippen molar-refractivity contribution in [2.45, 2.75) is 26.6 Å². The molecule has 0 aliphatic rings. The second-order valence-electron chi connectivity index (χ2n) is 4.23. The molecule has 0 radical (unpaired) electrons. The van der Waals surface area contributed by atoms with Crippen molar-refractivity contribution in [3.63, 3.8) is 0 Å². The van der Waals surface area contributed by atoms with Crippen molar-refractivity contribution < 1.29 is 13.2 Å². The number of allylic oxidation sites excluding steroid dienone is 2. The van der Waals surface area contributed by atoms with Crippen molar-refractivity contribution in [1.29, 1.82) is 0 Å². The molecule has 4 nitrogen and oxygen atoms in total.